The Bertz CT molecular complexity index is 236. The molecule has 0 spiro atoms. The van der Waals surface area contributed by atoms with Crippen LogP contribution in [0.3, 0.4) is 0 Å². The third-order valence-corrected chi connectivity index (χ3v) is 0.814. The van der Waals surface area contributed by atoms with Crippen LogP contribution in [0.2, 0.25) is 0 Å². The summed E-state index contributed by atoms with van der Waals surface area (Å²) in [6.45, 7) is 0. The molecule has 70 valence electrons. The van der Waals surface area contributed by atoms with Crippen LogP contribution in [-0.4, -0.2) is 11.9 Å². The summed E-state index contributed by atoms with van der Waals surface area (Å²) in [5, 5.41) is 17.9. The highest BCUT2D eigenvalue weighted by Crippen LogP contribution is 1.88. The molecule has 13 heavy (non-hydrogen) atoms. The van der Waals surface area contributed by atoms with E-state index in [9.17, 15) is 0 Å². The molecule has 1 aliphatic rings. The standard InChI is InChI=1S/C6H6O.C2H2O4/c1-2-4-6-7-5-3-1;3-1(4)2(5)6/h1-6H;(H,3,4)(H,5,6)/p-2. The van der Waals surface area contributed by atoms with E-state index in [0.29, 0.717) is 0 Å². The number of ether oxygens (including phenoxy) is 1. The summed E-state index contributed by atoms with van der Waals surface area (Å²) >= 11 is 0. The minimum atomic E-state index is -2.19. The largest absolute Gasteiger partial charge is 0.543 e. The lowest BCUT2D eigenvalue weighted by molar-refractivity contribution is -0.345. The lowest BCUT2D eigenvalue weighted by Gasteiger charge is -1.97. The molecule has 5 nitrogen and oxygen atoms in total. The van der Waals surface area contributed by atoms with Crippen LogP contribution >= 0.6 is 0 Å². The SMILES string of the molecule is C1=CC=COC=C1.O=C([O-])C(=O)[O-]. The molecule has 0 amide bonds. The first-order valence-electron chi connectivity index (χ1n) is 3.20. The molecule has 0 radical (unpaired) electrons. The van der Waals surface area contributed by atoms with Crippen molar-refractivity contribution in [1.82, 2.24) is 0 Å². The molecule has 0 fully saturated rings. The van der Waals surface area contributed by atoms with E-state index in [-0.39, 0.29) is 0 Å². The van der Waals surface area contributed by atoms with Crippen molar-refractivity contribution in [2.45, 2.75) is 0 Å². The highest BCUT2D eigenvalue weighted by Gasteiger charge is 1.75. The number of hydrogen-bond acceptors (Lipinski definition) is 5. The minimum absolute atomic E-state index is 1.62. The van der Waals surface area contributed by atoms with Gasteiger partial charge in [0.1, 0.15) is 0 Å². The molecular weight excluding hydrogens is 176 g/mol. The molecule has 0 saturated carbocycles. The van der Waals surface area contributed by atoms with E-state index < -0.39 is 11.9 Å². The van der Waals surface area contributed by atoms with Crippen molar-refractivity contribution in [1.29, 1.82) is 0 Å². The maximum atomic E-state index is 8.93. The molecule has 0 saturated heterocycles. The van der Waals surface area contributed by atoms with Crippen molar-refractivity contribution in [2.75, 3.05) is 0 Å². The number of allylic oxidation sites excluding steroid dienone is 4. The van der Waals surface area contributed by atoms with E-state index >= 15 is 0 Å². The number of carboxylic acid groups (broad SMARTS) is 2. The molecule has 0 aliphatic carbocycles. The Kier molecular flexibility index (Phi) is 5.61. The molecule has 0 aromatic rings. The lowest BCUT2D eigenvalue weighted by Crippen LogP contribution is -2.42. The molecule has 0 aromatic heterocycles. The molecule has 5 heteroatoms. The monoisotopic (exact) mass is 182 g/mol. The van der Waals surface area contributed by atoms with Crippen LogP contribution in [0.5, 0.6) is 0 Å². The average Bonchev–Trinajstić information content (AvgIpc) is 2.35. The number of carbonyl (C=O) groups is 2. The van der Waals surface area contributed by atoms with Gasteiger partial charge in [-0.15, -0.1) is 0 Å². The fraction of sp³-hybridized carbons (Fsp3) is 0. The van der Waals surface area contributed by atoms with E-state index in [1.807, 2.05) is 24.3 Å². The van der Waals surface area contributed by atoms with Gasteiger partial charge in [-0.2, -0.15) is 0 Å². The predicted octanol–water partition coefficient (Wildman–Crippen LogP) is -1.91. The van der Waals surface area contributed by atoms with Gasteiger partial charge >= 0.3 is 0 Å². The molecule has 0 N–H and O–H groups in total. The van der Waals surface area contributed by atoms with Gasteiger partial charge in [0.15, 0.2) is 0 Å². The number of carboxylic acids is 2. The molecule has 1 rings (SSSR count). The van der Waals surface area contributed by atoms with Crippen LogP contribution < -0.4 is 10.2 Å². The van der Waals surface area contributed by atoms with Crippen molar-refractivity contribution >= 4 is 11.9 Å². The van der Waals surface area contributed by atoms with Crippen molar-refractivity contribution in [3.05, 3.63) is 36.8 Å². The van der Waals surface area contributed by atoms with Crippen molar-refractivity contribution < 1.29 is 24.5 Å². The molecule has 0 aromatic carbocycles. The first kappa shape index (κ1) is 11.0. The second kappa shape index (κ2) is 6.66. The van der Waals surface area contributed by atoms with Crippen LogP contribution in [-0.2, 0) is 14.3 Å². The summed E-state index contributed by atoms with van der Waals surface area (Å²) in [6.07, 6.45) is 10.7. The van der Waals surface area contributed by atoms with Gasteiger partial charge in [0.2, 0.25) is 0 Å². The Balaban J connectivity index is 0.000000226. The Morgan fingerprint density at radius 2 is 1.23 bits per heavy atom. The third-order valence-electron chi connectivity index (χ3n) is 0.814. The summed E-state index contributed by atoms with van der Waals surface area (Å²) in [7, 11) is 0. The van der Waals surface area contributed by atoms with Gasteiger partial charge in [-0.25, -0.2) is 0 Å². The average molecular weight is 182 g/mol. The van der Waals surface area contributed by atoms with E-state index in [4.69, 9.17) is 24.5 Å². The van der Waals surface area contributed by atoms with E-state index in [2.05, 4.69) is 0 Å². The van der Waals surface area contributed by atoms with Gasteiger partial charge in [-0.3, -0.25) is 0 Å². The first-order valence-corrected chi connectivity index (χ1v) is 3.20. The Labute approximate surface area is 74.3 Å². The van der Waals surface area contributed by atoms with Crippen LogP contribution in [0.25, 0.3) is 0 Å². The van der Waals surface area contributed by atoms with Crippen LogP contribution in [0, 0.1) is 0 Å². The highest BCUT2D eigenvalue weighted by molar-refractivity contribution is 6.25. The van der Waals surface area contributed by atoms with Crippen molar-refractivity contribution in [3.8, 4) is 0 Å². The fourth-order valence-corrected chi connectivity index (χ4v) is 0.355. The lowest BCUT2D eigenvalue weighted by atomic mass is 10.5. The van der Waals surface area contributed by atoms with Gasteiger partial charge in [0.25, 0.3) is 0 Å². The summed E-state index contributed by atoms with van der Waals surface area (Å²) in [5.41, 5.74) is 0. The van der Waals surface area contributed by atoms with Gasteiger partial charge in [-0.05, 0) is 12.2 Å². The third kappa shape index (κ3) is 7.86. The number of rotatable bonds is 0. The van der Waals surface area contributed by atoms with Gasteiger partial charge in [-0.1, -0.05) is 12.2 Å². The zero-order chi connectivity index (χ0) is 10.1. The second-order valence-corrected chi connectivity index (χ2v) is 1.75. The topological polar surface area (TPSA) is 89.5 Å². The molecule has 1 aliphatic heterocycles. The number of aliphatic carboxylic acids is 2. The first-order chi connectivity index (χ1) is 6.14. The molecule has 0 unspecified atom stereocenters. The second-order valence-electron chi connectivity index (χ2n) is 1.75. The Morgan fingerprint density at radius 3 is 1.54 bits per heavy atom. The summed E-state index contributed by atoms with van der Waals surface area (Å²) < 4.78 is 4.77. The molecule has 1 heterocycles. The predicted molar refractivity (Wildman–Crippen MR) is 38.5 cm³/mol. The van der Waals surface area contributed by atoms with E-state index in [0.717, 1.165) is 0 Å². The maximum Gasteiger partial charge on any atom is 0.0901 e. The van der Waals surface area contributed by atoms with Gasteiger partial charge in [0.05, 0.1) is 24.5 Å². The van der Waals surface area contributed by atoms with Gasteiger partial charge < -0.3 is 24.5 Å². The molecule has 0 bridgehead atoms. The van der Waals surface area contributed by atoms with Crippen molar-refractivity contribution in [2.24, 2.45) is 0 Å². The number of carbonyl (C=O) groups excluding carboxylic acids is 2. The summed E-state index contributed by atoms with van der Waals surface area (Å²) in [6, 6.07) is 0. The highest BCUT2D eigenvalue weighted by atomic mass is 16.5. The number of hydrogen-bond donors (Lipinski definition) is 0. The fourth-order valence-electron chi connectivity index (χ4n) is 0.355. The summed E-state index contributed by atoms with van der Waals surface area (Å²) in [4.78, 5) is 17.9. The van der Waals surface area contributed by atoms with Gasteiger partial charge in [0, 0.05) is 0 Å². The summed E-state index contributed by atoms with van der Waals surface area (Å²) in [5.74, 6) is -4.37. The molecular formula is C8H6O5-2. The van der Waals surface area contributed by atoms with E-state index in [1.54, 1.807) is 12.5 Å². The zero-order valence-electron chi connectivity index (χ0n) is 6.51. The smallest absolute Gasteiger partial charge is 0.0901 e. The Hall–Kier alpha value is -2.04. The minimum Gasteiger partial charge on any atom is -0.543 e. The van der Waals surface area contributed by atoms with E-state index in [1.165, 1.54) is 0 Å². The Morgan fingerprint density at radius 1 is 0.846 bits per heavy atom. The quantitative estimate of drug-likeness (QED) is 0.407. The van der Waals surface area contributed by atoms with Crippen LogP contribution in [0.4, 0.5) is 0 Å². The molecule has 0 atom stereocenters. The maximum absolute atomic E-state index is 8.93. The normalized spacial score (nSPS) is 12.0. The van der Waals surface area contributed by atoms with Crippen LogP contribution in [0.1, 0.15) is 0 Å². The zero-order valence-corrected chi connectivity index (χ0v) is 6.51. The van der Waals surface area contributed by atoms with Crippen LogP contribution in [0.15, 0.2) is 36.8 Å². The van der Waals surface area contributed by atoms with Crippen molar-refractivity contribution in [3.63, 3.8) is 0 Å².